The summed E-state index contributed by atoms with van der Waals surface area (Å²) in [7, 11) is 0. The van der Waals surface area contributed by atoms with Crippen LogP contribution in [0.5, 0.6) is 0 Å². The Bertz CT molecular complexity index is 283. The summed E-state index contributed by atoms with van der Waals surface area (Å²) in [5.74, 6) is 0. The van der Waals surface area contributed by atoms with Crippen LogP contribution >= 0.6 is 12.2 Å². The topological polar surface area (TPSA) is 52.7 Å². The first kappa shape index (κ1) is 16.8. The van der Waals surface area contributed by atoms with Crippen LogP contribution in [0.3, 0.4) is 0 Å². The van der Waals surface area contributed by atoms with E-state index in [0.717, 1.165) is 52.0 Å². The minimum Gasteiger partial charge on any atom is -0.392 e. The summed E-state index contributed by atoms with van der Waals surface area (Å²) in [4.78, 5) is 5.45. The highest BCUT2D eigenvalue weighted by Crippen LogP contribution is 2.14. The molecule has 1 aliphatic rings. The highest BCUT2D eigenvalue weighted by atomic mass is 32.1. The zero-order valence-corrected chi connectivity index (χ0v) is 13.4. The number of aliphatic hydroxyl groups is 1. The van der Waals surface area contributed by atoms with E-state index in [2.05, 4.69) is 16.7 Å². The maximum Gasteiger partial charge on any atom is 0.0902 e. The first-order valence-electron chi connectivity index (χ1n) is 7.31. The molecule has 1 rings (SSSR count). The monoisotopic (exact) mass is 287 g/mol. The molecule has 0 aromatic carbocycles. The van der Waals surface area contributed by atoms with Crippen molar-refractivity contribution in [1.29, 1.82) is 0 Å². The van der Waals surface area contributed by atoms with Crippen molar-refractivity contribution in [2.24, 2.45) is 5.73 Å². The minimum atomic E-state index is -0.569. The molecular formula is C14H29N3OS. The lowest BCUT2D eigenvalue weighted by molar-refractivity contribution is 0.0450. The Balaban J connectivity index is 2.37. The van der Waals surface area contributed by atoms with E-state index in [4.69, 9.17) is 18.0 Å². The van der Waals surface area contributed by atoms with E-state index in [1.165, 1.54) is 0 Å². The Labute approximate surface area is 122 Å². The second kappa shape index (κ2) is 7.53. The molecule has 1 atom stereocenters. The third kappa shape index (κ3) is 6.17. The lowest BCUT2D eigenvalue weighted by Crippen LogP contribution is -2.54. The number of hydrogen-bond acceptors (Lipinski definition) is 4. The molecule has 0 aliphatic carbocycles. The van der Waals surface area contributed by atoms with Gasteiger partial charge in [-0.05, 0) is 26.7 Å². The van der Waals surface area contributed by atoms with Crippen LogP contribution in [0.15, 0.2) is 0 Å². The number of nitrogens with zero attached hydrogens (tertiary/aromatic N) is 2. The van der Waals surface area contributed by atoms with Gasteiger partial charge >= 0.3 is 0 Å². The molecule has 0 radical (unpaired) electrons. The molecular weight excluding hydrogens is 258 g/mol. The Hall–Kier alpha value is -0.230. The zero-order chi connectivity index (χ0) is 14.5. The number of nitrogens with two attached hydrogens (primary N) is 1. The fourth-order valence-electron chi connectivity index (χ4n) is 2.51. The van der Waals surface area contributed by atoms with Crippen molar-refractivity contribution in [2.45, 2.75) is 51.7 Å². The molecule has 1 fully saturated rings. The Morgan fingerprint density at radius 2 is 1.89 bits per heavy atom. The predicted octanol–water partition coefficient (Wildman–Crippen LogP) is 1.22. The van der Waals surface area contributed by atoms with Gasteiger partial charge in [-0.25, -0.2) is 0 Å². The summed E-state index contributed by atoms with van der Waals surface area (Å²) in [5.41, 5.74) is 5.28. The van der Waals surface area contributed by atoms with E-state index in [1.807, 2.05) is 13.8 Å². The third-order valence-corrected chi connectivity index (χ3v) is 4.05. The highest BCUT2D eigenvalue weighted by molar-refractivity contribution is 7.80. The quantitative estimate of drug-likeness (QED) is 0.690. The second-order valence-electron chi connectivity index (χ2n) is 6.15. The van der Waals surface area contributed by atoms with Crippen LogP contribution in [0.25, 0.3) is 0 Å². The zero-order valence-electron chi connectivity index (χ0n) is 12.6. The largest absolute Gasteiger partial charge is 0.392 e. The van der Waals surface area contributed by atoms with Crippen LogP contribution < -0.4 is 5.73 Å². The summed E-state index contributed by atoms with van der Waals surface area (Å²) in [5, 5.41) is 9.76. The first-order valence-corrected chi connectivity index (χ1v) is 7.72. The number of piperazine rings is 1. The average molecular weight is 287 g/mol. The highest BCUT2D eigenvalue weighted by Gasteiger charge is 2.25. The summed E-state index contributed by atoms with van der Waals surface area (Å²) < 4.78 is 0. The Kier molecular flexibility index (Phi) is 6.66. The summed E-state index contributed by atoms with van der Waals surface area (Å²) in [6.45, 7) is 11.0. The van der Waals surface area contributed by atoms with Gasteiger partial charge in [-0.1, -0.05) is 25.6 Å². The maximum absolute atomic E-state index is 9.76. The molecule has 0 amide bonds. The minimum absolute atomic E-state index is 0.261. The van der Waals surface area contributed by atoms with Crippen molar-refractivity contribution in [3.05, 3.63) is 0 Å². The predicted molar refractivity (Wildman–Crippen MR) is 84.4 cm³/mol. The van der Waals surface area contributed by atoms with Gasteiger partial charge in [0.15, 0.2) is 0 Å². The summed E-state index contributed by atoms with van der Waals surface area (Å²) in [6, 6.07) is 0.261. The molecule has 19 heavy (non-hydrogen) atoms. The van der Waals surface area contributed by atoms with E-state index in [1.54, 1.807) is 0 Å². The van der Waals surface area contributed by atoms with E-state index in [-0.39, 0.29) is 6.04 Å². The van der Waals surface area contributed by atoms with Gasteiger partial charge in [-0.15, -0.1) is 0 Å². The molecule has 3 N–H and O–H groups in total. The molecule has 1 saturated heterocycles. The van der Waals surface area contributed by atoms with Crippen LogP contribution in [-0.4, -0.2) is 64.3 Å². The van der Waals surface area contributed by atoms with Crippen LogP contribution in [0.4, 0.5) is 0 Å². The van der Waals surface area contributed by atoms with Gasteiger partial charge in [0.1, 0.15) is 0 Å². The molecule has 0 spiro atoms. The number of hydrogen-bond donors (Lipinski definition) is 2. The van der Waals surface area contributed by atoms with Crippen LogP contribution in [0.1, 0.15) is 40.0 Å². The number of rotatable bonds is 7. The van der Waals surface area contributed by atoms with Gasteiger partial charge in [-0.2, -0.15) is 0 Å². The molecule has 112 valence electrons. The molecule has 0 aromatic rings. The van der Waals surface area contributed by atoms with E-state index >= 15 is 0 Å². The van der Waals surface area contributed by atoms with Crippen LogP contribution in [0, 0.1) is 0 Å². The first-order chi connectivity index (χ1) is 8.83. The molecule has 5 heteroatoms. The van der Waals surface area contributed by atoms with E-state index < -0.39 is 5.60 Å². The SMILES string of the molecule is CCCC(C(N)=S)N1CCN(CCC(C)(C)O)CC1. The lowest BCUT2D eigenvalue weighted by Gasteiger charge is -2.39. The van der Waals surface area contributed by atoms with Gasteiger partial charge in [0, 0.05) is 32.7 Å². The molecule has 0 bridgehead atoms. The van der Waals surface area contributed by atoms with Crippen LogP contribution in [0.2, 0.25) is 0 Å². The second-order valence-corrected chi connectivity index (χ2v) is 6.62. The Morgan fingerprint density at radius 3 is 2.32 bits per heavy atom. The molecule has 0 aromatic heterocycles. The van der Waals surface area contributed by atoms with Gasteiger partial charge in [0.25, 0.3) is 0 Å². The smallest absolute Gasteiger partial charge is 0.0902 e. The molecule has 1 aliphatic heterocycles. The third-order valence-electron chi connectivity index (χ3n) is 3.78. The molecule has 1 unspecified atom stereocenters. The fourth-order valence-corrected chi connectivity index (χ4v) is 2.78. The van der Waals surface area contributed by atoms with Crippen molar-refractivity contribution in [2.75, 3.05) is 32.7 Å². The normalized spacial score (nSPS) is 20.4. The van der Waals surface area contributed by atoms with Gasteiger partial charge < -0.3 is 15.7 Å². The summed E-state index contributed by atoms with van der Waals surface area (Å²) in [6.07, 6.45) is 2.99. The maximum atomic E-state index is 9.76. The van der Waals surface area contributed by atoms with Crippen molar-refractivity contribution in [3.63, 3.8) is 0 Å². The van der Waals surface area contributed by atoms with Gasteiger partial charge in [-0.3, -0.25) is 4.90 Å². The van der Waals surface area contributed by atoms with Gasteiger partial charge in [0.05, 0.1) is 16.6 Å². The fraction of sp³-hybridized carbons (Fsp3) is 0.929. The van der Waals surface area contributed by atoms with Crippen molar-refractivity contribution in [3.8, 4) is 0 Å². The summed E-state index contributed by atoms with van der Waals surface area (Å²) >= 11 is 5.18. The van der Waals surface area contributed by atoms with Crippen molar-refractivity contribution in [1.82, 2.24) is 9.80 Å². The van der Waals surface area contributed by atoms with E-state index in [9.17, 15) is 5.11 Å². The molecule has 4 nitrogen and oxygen atoms in total. The Morgan fingerprint density at radius 1 is 1.32 bits per heavy atom. The van der Waals surface area contributed by atoms with E-state index in [0.29, 0.717) is 4.99 Å². The standard InChI is InChI=1S/C14H29N3OS/c1-4-5-12(13(15)19)17-10-8-16(9-11-17)7-6-14(2,3)18/h12,18H,4-11H2,1-3H3,(H2,15,19). The molecule has 1 heterocycles. The van der Waals surface area contributed by atoms with Crippen molar-refractivity contribution < 1.29 is 5.11 Å². The van der Waals surface area contributed by atoms with Gasteiger partial charge in [0.2, 0.25) is 0 Å². The van der Waals surface area contributed by atoms with Crippen molar-refractivity contribution >= 4 is 17.2 Å². The lowest BCUT2D eigenvalue weighted by atomic mass is 10.0. The molecule has 0 saturated carbocycles. The van der Waals surface area contributed by atoms with Crippen LogP contribution in [-0.2, 0) is 0 Å². The average Bonchev–Trinajstić information content (AvgIpc) is 2.33. The number of thiocarbonyl (C=S) groups is 1.